The van der Waals surface area contributed by atoms with Gasteiger partial charge in [0.25, 0.3) is 0 Å². The molecule has 3 nitrogen and oxygen atoms in total. The standard InChI is InChI=1S/C13H13ClN2O/c1-9(2)16-8-11(7-15)13(17)10-3-5-12(14)6-4-10/h3-6,8-9,16H,1-2H3/b11-8+. The molecular weight excluding hydrogens is 236 g/mol. The lowest BCUT2D eigenvalue weighted by atomic mass is 10.1. The molecule has 1 aromatic rings. The Balaban J connectivity index is 2.91. The third-order valence-corrected chi connectivity index (χ3v) is 2.28. The molecule has 0 radical (unpaired) electrons. The summed E-state index contributed by atoms with van der Waals surface area (Å²) in [4.78, 5) is 11.9. The SMILES string of the molecule is CC(C)N/C=C(\C#N)C(=O)c1ccc(Cl)cc1. The minimum Gasteiger partial charge on any atom is -0.388 e. The first kappa shape index (κ1) is 13.3. The first-order chi connectivity index (χ1) is 8.04. The number of benzene rings is 1. The minimum atomic E-state index is -0.308. The molecule has 1 aromatic carbocycles. The van der Waals surface area contributed by atoms with Gasteiger partial charge in [-0.3, -0.25) is 4.79 Å². The van der Waals surface area contributed by atoms with Crippen molar-refractivity contribution in [3.8, 4) is 6.07 Å². The maximum atomic E-state index is 11.9. The summed E-state index contributed by atoms with van der Waals surface area (Å²) in [6.45, 7) is 3.86. The molecule has 1 N–H and O–H groups in total. The fourth-order valence-electron chi connectivity index (χ4n) is 1.16. The first-order valence-corrected chi connectivity index (χ1v) is 5.59. The van der Waals surface area contributed by atoms with E-state index in [1.165, 1.54) is 6.20 Å². The largest absolute Gasteiger partial charge is 0.388 e. The number of nitriles is 1. The first-order valence-electron chi connectivity index (χ1n) is 5.21. The average molecular weight is 249 g/mol. The van der Waals surface area contributed by atoms with E-state index in [1.807, 2.05) is 19.9 Å². The highest BCUT2D eigenvalue weighted by atomic mass is 35.5. The highest BCUT2D eigenvalue weighted by Gasteiger charge is 2.11. The van der Waals surface area contributed by atoms with Crippen molar-refractivity contribution in [2.45, 2.75) is 19.9 Å². The van der Waals surface area contributed by atoms with Crippen LogP contribution < -0.4 is 5.32 Å². The summed E-state index contributed by atoms with van der Waals surface area (Å²) in [7, 11) is 0. The summed E-state index contributed by atoms with van der Waals surface area (Å²) in [6, 6.07) is 8.52. The van der Waals surface area contributed by atoms with Crippen LogP contribution in [0.1, 0.15) is 24.2 Å². The molecule has 88 valence electrons. The van der Waals surface area contributed by atoms with Crippen LogP contribution in [0.15, 0.2) is 36.0 Å². The van der Waals surface area contributed by atoms with Crippen LogP contribution in [-0.4, -0.2) is 11.8 Å². The van der Waals surface area contributed by atoms with E-state index in [0.29, 0.717) is 10.6 Å². The lowest BCUT2D eigenvalue weighted by Crippen LogP contribution is -2.17. The van der Waals surface area contributed by atoms with E-state index in [1.54, 1.807) is 24.3 Å². The maximum Gasteiger partial charge on any atom is 0.205 e. The normalized spacial score (nSPS) is 11.1. The summed E-state index contributed by atoms with van der Waals surface area (Å²) >= 11 is 5.73. The van der Waals surface area contributed by atoms with Gasteiger partial charge in [0.15, 0.2) is 0 Å². The summed E-state index contributed by atoms with van der Waals surface area (Å²) < 4.78 is 0. The number of carbonyl (C=O) groups excluding carboxylic acids is 1. The molecule has 0 aliphatic heterocycles. The zero-order chi connectivity index (χ0) is 12.8. The van der Waals surface area contributed by atoms with Gasteiger partial charge in [0.1, 0.15) is 11.6 Å². The van der Waals surface area contributed by atoms with Gasteiger partial charge in [-0.05, 0) is 38.1 Å². The third kappa shape index (κ3) is 3.93. The smallest absolute Gasteiger partial charge is 0.205 e. The van der Waals surface area contributed by atoms with Crippen molar-refractivity contribution >= 4 is 17.4 Å². The molecule has 0 aliphatic rings. The summed E-state index contributed by atoms with van der Waals surface area (Å²) in [5, 5.41) is 12.4. The fraction of sp³-hybridized carbons (Fsp3) is 0.231. The Morgan fingerprint density at radius 1 is 1.41 bits per heavy atom. The summed E-state index contributed by atoms with van der Waals surface area (Å²) in [6.07, 6.45) is 1.45. The summed E-state index contributed by atoms with van der Waals surface area (Å²) in [5.74, 6) is -0.308. The van der Waals surface area contributed by atoms with Crippen molar-refractivity contribution < 1.29 is 4.79 Å². The second kappa shape index (κ2) is 6.07. The van der Waals surface area contributed by atoms with Crippen molar-refractivity contribution in [3.05, 3.63) is 46.6 Å². The molecule has 0 fully saturated rings. The number of allylic oxidation sites excluding steroid dienone is 1. The van der Waals surface area contributed by atoms with E-state index >= 15 is 0 Å². The number of Topliss-reactive ketones (excluding diaryl/α,β-unsaturated/α-hetero) is 1. The van der Waals surface area contributed by atoms with Crippen LogP contribution in [0.25, 0.3) is 0 Å². The predicted octanol–water partition coefficient (Wildman–Crippen LogP) is 2.93. The lowest BCUT2D eigenvalue weighted by Gasteiger charge is -2.05. The molecule has 0 saturated heterocycles. The van der Waals surface area contributed by atoms with E-state index in [-0.39, 0.29) is 17.4 Å². The topological polar surface area (TPSA) is 52.9 Å². The lowest BCUT2D eigenvalue weighted by molar-refractivity contribution is 0.103. The average Bonchev–Trinajstić information content (AvgIpc) is 2.30. The number of rotatable bonds is 4. The fourth-order valence-corrected chi connectivity index (χ4v) is 1.28. The van der Waals surface area contributed by atoms with Crippen molar-refractivity contribution in [2.75, 3.05) is 0 Å². The molecule has 0 bridgehead atoms. The van der Waals surface area contributed by atoms with Gasteiger partial charge in [0.2, 0.25) is 5.78 Å². The molecule has 0 amide bonds. The van der Waals surface area contributed by atoms with E-state index in [0.717, 1.165) is 0 Å². The van der Waals surface area contributed by atoms with Crippen LogP contribution in [-0.2, 0) is 0 Å². The molecular formula is C13H13ClN2O. The third-order valence-electron chi connectivity index (χ3n) is 2.03. The Hall–Kier alpha value is -1.79. The highest BCUT2D eigenvalue weighted by Crippen LogP contribution is 2.12. The van der Waals surface area contributed by atoms with E-state index < -0.39 is 0 Å². The number of nitrogens with one attached hydrogen (secondary N) is 1. The van der Waals surface area contributed by atoms with Gasteiger partial charge < -0.3 is 5.32 Å². The van der Waals surface area contributed by atoms with Crippen LogP contribution in [0.2, 0.25) is 5.02 Å². The molecule has 0 atom stereocenters. The Bertz CT molecular complexity index is 469. The minimum absolute atomic E-state index is 0.0843. The monoisotopic (exact) mass is 248 g/mol. The Morgan fingerprint density at radius 3 is 2.47 bits per heavy atom. The highest BCUT2D eigenvalue weighted by molar-refractivity contribution is 6.30. The van der Waals surface area contributed by atoms with Crippen molar-refractivity contribution in [1.82, 2.24) is 5.32 Å². The van der Waals surface area contributed by atoms with E-state index in [4.69, 9.17) is 16.9 Å². The summed E-state index contributed by atoms with van der Waals surface area (Å²) in [5.41, 5.74) is 0.536. The number of hydrogen-bond acceptors (Lipinski definition) is 3. The van der Waals surface area contributed by atoms with Crippen LogP contribution in [0.5, 0.6) is 0 Å². The predicted molar refractivity (Wildman–Crippen MR) is 67.8 cm³/mol. The van der Waals surface area contributed by atoms with E-state index in [2.05, 4.69) is 5.32 Å². The second-order valence-electron chi connectivity index (χ2n) is 3.83. The van der Waals surface area contributed by atoms with Crippen molar-refractivity contribution in [2.24, 2.45) is 0 Å². The zero-order valence-electron chi connectivity index (χ0n) is 9.70. The van der Waals surface area contributed by atoms with Crippen molar-refractivity contribution in [1.29, 1.82) is 5.26 Å². The van der Waals surface area contributed by atoms with Gasteiger partial charge in [-0.15, -0.1) is 0 Å². The number of carbonyl (C=O) groups is 1. The van der Waals surface area contributed by atoms with Gasteiger partial charge in [-0.2, -0.15) is 5.26 Å². The van der Waals surface area contributed by atoms with Crippen LogP contribution in [0.4, 0.5) is 0 Å². The molecule has 0 saturated carbocycles. The van der Waals surface area contributed by atoms with Crippen LogP contribution in [0, 0.1) is 11.3 Å². The second-order valence-corrected chi connectivity index (χ2v) is 4.26. The number of halogens is 1. The van der Waals surface area contributed by atoms with Gasteiger partial charge in [0.05, 0.1) is 0 Å². The Morgan fingerprint density at radius 2 is 2.00 bits per heavy atom. The number of nitrogens with zero attached hydrogens (tertiary/aromatic N) is 1. The van der Waals surface area contributed by atoms with Gasteiger partial charge in [-0.1, -0.05) is 11.6 Å². The number of hydrogen-bond donors (Lipinski definition) is 1. The molecule has 4 heteroatoms. The molecule has 0 aliphatic carbocycles. The molecule has 0 heterocycles. The van der Waals surface area contributed by atoms with Crippen LogP contribution >= 0.6 is 11.6 Å². The molecule has 17 heavy (non-hydrogen) atoms. The maximum absolute atomic E-state index is 11.9. The number of ketones is 1. The van der Waals surface area contributed by atoms with Crippen LogP contribution in [0.3, 0.4) is 0 Å². The Kier molecular flexibility index (Phi) is 4.74. The zero-order valence-corrected chi connectivity index (χ0v) is 10.5. The molecule has 0 unspecified atom stereocenters. The molecule has 1 rings (SSSR count). The van der Waals surface area contributed by atoms with E-state index in [9.17, 15) is 4.79 Å². The Labute approximate surface area is 106 Å². The van der Waals surface area contributed by atoms with Gasteiger partial charge in [-0.25, -0.2) is 0 Å². The van der Waals surface area contributed by atoms with Gasteiger partial charge >= 0.3 is 0 Å². The van der Waals surface area contributed by atoms with Gasteiger partial charge in [0, 0.05) is 22.8 Å². The van der Waals surface area contributed by atoms with Crippen molar-refractivity contribution in [3.63, 3.8) is 0 Å². The molecule has 0 spiro atoms. The molecule has 0 aromatic heterocycles. The quantitative estimate of drug-likeness (QED) is 0.506.